The zero-order valence-corrected chi connectivity index (χ0v) is 32.3. The number of nitrogens with zero attached hydrogens (tertiary/aromatic N) is 6. The lowest BCUT2D eigenvalue weighted by atomic mass is 10.0. The number of benzene rings is 3. The highest BCUT2D eigenvalue weighted by molar-refractivity contribution is 6.34. The zero-order valence-electron chi connectivity index (χ0n) is 31.6. The van der Waals surface area contributed by atoms with Gasteiger partial charge in [0.2, 0.25) is 5.95 Å². The maximum atomic E-state index is 14.7. The van der Waals surface area contributed by atoms with Gasteiger partial charge in [-0.05, 0) is 74.9 Å². The van der Waals surface area contributed by atoms with Crippen molar-refractivity contribution in [3.8, 4) is 5.69 Å². The molecular weight excluding hydrogens is 769 g/mol. The van der Waals surface area contributed by atoms with Gasteiger partial charge in [-0.15, -0.1) is 0 Å². The summed E-state index contributed by atoms with van der Waals surface area (Å²) < 4.78 is 56.5. The number of carbonyl (C=O) groups excluding carboxylic acids is 2. The largest absolute Gasteiger partial charge is 0.469 e. The Hall–Kier alpha value is -6.23. The van der Waals surface area contributed by atoms with Gasteiger partial charge >= 0.3 is 23.4 Å². The van der Waals surface area contributed by atoms with Crippen LogP contribution in [0.15, 0.2) is 64.6 Å². The number of anilines is 2. The first-order valence-corrected chi connectivity index (χ1v) is 18.1. The van der Waals surface area contributed by atoms with Crippen LogP contribution in [-0.4, -0.2) is 53.7 Å². The molecule has 1 amide bonds. The monoisotopic (exact) mass is 806 g/mol. The molecule has 0 saturated carbocycles. The van der Waals surface area contributed by atoms with Crippen LogP contribution < -0.4 is 22.0 Å². The fourth-order valence-corrected chi connectivity index (χ4v) is 6.67. The number of halogens is 4. The van der Waals surface area contributed by atoms with Crippen molar-refractivity contribution in [3.05, 3.63) is 115 Å². The summed E-state index contributed by atoms with van der Waals surface area (Å²) in [7, 11) is 3.03. The molecule has 3 aromatic carbocycles. The Kier molecular flexibility index (Phi) is 11.7. The van der Waals surface area contributed by atoms with E-state index in [4.69, 9.17) is 21.1 Å². The Morgan fingerprint density at radius 2 is 1.75 bits per heavy atom. The number of alkyl carbamates (subject to hydrolysis) is 1. The molecule has 0 aliphatic carbocycles. The number of unbranched alkanes of at least 4 members (excludes halogenated alkanes) is 1. The summed E-state index contributed by atoms with van der Waals surface area (Å²) in [6.07, 6.45) is 5.35. The lowest BCUT2D eigenvalue weighted by Gasteiger charge is -2.20. The molecule has 0 radical (unpaired) electrons. The predicted molar refractivity (Wildman–Crippen MR) is 206 cm³/mol. The number of hydrogen-bond donors (Lipinski definition) is 2. The number of carbonyl (C=O) groups is 2. The minimum atomic E-state index is -1.70. The first kappa shape index (κ1) is 40.4. The molecule has 0 aliphatic heterocycles. The van der Waals surface area contributed by atoms with E-state index in [1.165, 1.54) is 19.5 Å². The number of nitrogens with one attached hydrogen (secondary N) is 2. The van der Waals surface area contributed by atoms with Crippen LogP contribution in [-0.2, 0) is 40.8 Å². The summed E-state index contributed by atoms with van der Waals surface area (Å²) in [5.41, 5.74) is -1.09. The molecule has 0 unspecified atom stereocenters. The lowest BCUT2D eigenvalue weighted by molar-refractivity contribution is -0.140. The van der Waals surface area contributed by atoms with E-state index in [0.29, 0.717) is 52.1 Å². The van der Waals surface area contributed by atoms with Gasteiger partial charge in [0, 0.05) is 48.6 Å². The SMILES string of the molecule is COC(=O)CCCCc1c(Nc2nc(=O)n(-c3cncc4cccc(CNC(=O)OC(C)(C)C)c34)c(=O)n2Cc2cc(F)c(F)c(F)c2)c(Cl)cc2nn(C)cc12. The Morgan fingerprint density at radius 1 is 1.02 bits per heavy atom. The first-order valence-electron chi connectivity index (χ1n) is 17.7. The second kappa shape index (κ2) is 16.5. The van der Waals surface area contributed by atoms with E-state index in [2.05, 4.69) is 25.7 Å². The van der Waals surface area contributed by atoms with E-state index in [0.717, 1.165) is 21.3 Å². The molecule has 0 fully saturated rings. The summed E-state index contributed by atoms with van der Waals surface area (Å²) in [6.45, 7) is 4.49. The number of amides is 1. The van der Waals surface area contributed by atoms with Crippen LogP contribution in [0.2, 0.25) is 5.02 Å². The Morgan fingerprint density at radius 3 is 2.46 bits per heavy atom. The average molecular weight is 807 g/mol. The van der Waals surface area contributed by atoms with Gasteiger partial charge in [0.05, 0.1) is 41.8 Å². The van der Waals surface area contributed by atoms with Crippen molar-refractivity contribution >= 4 is 57.0 Å². The lowest BCUT2D eigenvalue weighted by Crippen LogP contribution is -2.42. The quantitative estimate of drug-likeness (QED) is 0.0782. The fraction of sp³-hybridized carbons (Fsp3) is 0.308. The predicted octanol–water partition coefficient (Wildman–Crippen LogP) is 6.60. The number of hydrogen-bond acceptors (Lipinski definition) is 10. The van der Waals surface area contributed by atoms with E-state index < -0.39 is 47.1 Å². The van der Waals surface area contributed by atoms with Gasteiger partial charge in [0.25, 0.3) is 0 Å². The van der Waals surface area contributed by atoms with Crippen LogP contribution in [0.3, 0.4) is 0 Å². The highest BCUT2D eigenvalue weighted by Gasteiger charge is 2.23. The standard InChI is InChI=1S/C39H38ClF3N8O6/c1-39(2,3)57-37(54)45-17-23-10-8-9-22-16-44-18-30(32(22)23)51-36(53)47-35(50(38(51)55)19-21-13-27(41)33(43)28(42)14-21)46-34-24(11-6-7-12-31(52)56-5)25-20-49(4)48-29(25)15-26(34)40/h8-10,13-16,18,20H,6-7,11-12,17,19H2,1-5H3,(H,45,54)(H,46,47,53). The van der Waals surface area contributed by atoms with Crippen molar-refractivity contribution in [2.24, 2.45) is 7.05 Å². The highest BCUT2D eigenvalue weighted by Crippen LogP contribution is 2.36. The molecule has 0 bridgehead atoms. The molecule has 18 heteroatoms. The molecule has 2 N–H and O–H groups in total. The van der Waals surface area contributed by atoms with E-state index in [9.17, 15) is 32.3 Å². The Balaban J connectivity index is 1.52. The molecule has 0 aliphatic rings. The smallest absolute Gasteiger partial charge is 0.407 e. The Labute approximate surface area is 328 Å². The number of methoxy groups -OCH3 is 1. The van der Waals surface area contributed by atoms with E-state index in [1.807, 2.05) is 0 Å². The van der Waals surface area contributed by atoms with Gasteiger partial charge in [-0.2, -0.15) is 10.1 Å². The van der Waals surface area contributed by atoms with Crippen LogP contribution in [0.4, 0.5) is 29.6 Å². The molecule has 0 saturated heterocycles. The van der Waals surface area contributed by atoms with Gasteiger partial charge < -0.3 is 20.1 Å². The second-order valence-electron chi connectivity index (χ2n) is 14.2. The van der Waals surface area contributed by atoms with Gasteiger partial charge in [0.1, 0.15) is 5.60 Å². The van der Waals surface area contributed by atoms with Crippen LogP contribution in [0.5, 0.6) is 0 Å². The number of pyridine rings is 1. The maximum Gasteiger partial charge on any atom is 0.407 e. The minimum absolute atomic E-state index is 0.00513. The summed E-state index contributed by atoms with van der Waals surface area (Å²) in [4.78, 5) is 61.6. The third kappa shape index (κ3) is 8.93. The highest BCUT2D eigenvalue weighted by atomic mass is 35.5. The normalized spacial score (nSPS) is 11.6. The van der Waals surface area contributed by atoms with E-state index >= 15 is 0 Å². The summed E-state index contributed by atoms with van der Waals surface area (Å²) >= 11 is 6.83. The van der Waals surface area contributed by atoms with Gasteiger partial charge in [0.15, 0.2) is 17.5 Å². The van der Waals surface area contributed by atoms with Crippen molar-refractivity contribution in [3.63, 3.8) is 0 Å². The zero-order chi connectivity index (χ0) is 41.2. The maximum absolute atomic E-state index is 14.7. The number of aryl methyl sites for hydroxylation is 2. The molecule has 6 rings (SSSR count). The van der Waals surface area contributed by atoms with Crippen molar-refractivity contribution in [2.75, 3.05) is 12.4 Å². The Bertz CT molecular complexity index is 2630. The number of rotatable bonds is 12. The third-order valence-electron chi connectivity index (χ3n) is 8.88. The molecule has 298 valence electrons. The van der Waals surface area contributed by atoms with Crippen LogP contribution in [0, 0.1) is 17.5 Å². The molecule has 57 heavy (non-hydrogen) atoms. The first-order chi connectivity index (χ1) is 27.0. The summed E-state index contributed by atoms with van der Waals surface area (Å²) in [6, 6.07) is 8.13. The second-order valence-corrected chi connectivity index (χ2v) is 14.6. The molecule has 6 aromatic rings. The average Bonchev–Trinajstić information content (AvgIpc) is 3.52. The van der Waals surface area contributed by atoms with Crippen molar-refractivity contribution in [1.82, 2.24) is 34.2 Å². The molecule has 3 heterocycles. The number of ether oxygens (including phenoxy) is 2. The van der Waals surface area contributed by atoms with Gasteiger partial charge in [-0.1, -0.05) is 29.8 Å². The summed E-state index contributed by atoms with van der Waals surface area (Å²) in [5, 5.41) is 11.9. The van der Waals surface area contributed by atoms with Crippen molar-refractivity contribution in [2.45, 2.75) is 65.1 Å². The number of aromatic nitrogens is 6. The minimum Gasteiger partial charge on any atom is -0.469 e. The van der Waals surface area contributed by atoms with Crippen LogP contribution in [0.1, 0.15) is 56.7 Å². The number of esters is 1. The van der Waals surface area contributed by atoms with E-state index in [1.54, 1.807) is 63.0 Å². The molecule has 3 aromatic heterocycles. The van der Waals surface area contributed by atoms with Gasteiger partial charge in [-0.25, -0.2) is 32.1 Å². The summed E-state index contributed by atoms with van der Waals surface area (Å²) in [5.74, 6) is -5.41. The van der Waals surface area contributed by atoms with Crippen LogP contribution >= 0.6 is 11.6 Å². The molecule has 0 spiro atoms. The van der Waals surface area contributed by atoms with Gasteiger partial charge in [-0.3, -0.25) is 19.0 Å². The molecule has 0 atom stereocenters. The van der Waals surface area contributed by atoms with E-state index in [-0.39, 0.29) is 46.8 Å². The topological polar surface area (TPSA) is 164 Å². The fourth-order valence-electron chi connectivity index (χ4n) is 6.41. The van der Waals surface area contributed by atoms with Crippen molar-refractivity contribution < 1.29 is 32.2 Å². The molecule has 14 nitrogen and oxygen atoms in total. The van der Waals surface area contributed by atoms with Crippen molar-refractivity contribution in [1.29, 1.82) is 0 Å². The van der Waals surface area contributed by atoms with Crippen LogP contribution in [0.25, 0.3) is 27.4 Å². The molecular formula is C39H38ClF3N8O6. The third-order valence-corrected chi connectivity index (χ3v) is 9.17. The number of fused-ring (bicyclic) bond motifs is 2.